The Morgan fingerprint density at radius 2 is 1.68 bits per heavy atom. The van der Waals surface area contributed by atoms with E-state index >= 15 is 0 Å². The average Bonchev–Trinajstić information content (AvgIpc) is 2.74. The van der Waals surface area contributed by atoms with Gasteiger partial charge in [0.2, 0.25) is 0 Å². The second kappa shape index (κ2) is 9.69. The Morgan fingerprint density at radius 3 is 2.39 bits per heavy atom. The molecule has 1 aliphatic rings. The summed E-state index contributed by atoms with van der Waals surface area (Å²) in [5.74, 6) is -0.510. The number of para-hydroxylation sites is 2. The van der Waals surface area contributed by atoms with Crippen molar-refractivity contribution in [2.24, 2.45) is 5.10 Å². The summed E-state index contributed by atoms with van der Waals surface area (Å²) in [5, 5.41) is 6.72. The first kappa shape index (κ1) is 19.6. The third-order valence-corrected chi connectivity index (χ3v) is 4.79. The lowest BCUT2D eigenvalue weighted by atomic mass is 9.83. The van der Waals surface area contributed by atoms with Crippen LogP contribution in [-0.4, -0.2) is 24.1 Å². The molecule has 0 aromatic heterocycles. The van der Waals surface area contributed by atoms with Gasteiger partial charge in [0.15, 0.2) is 0 Å². The first-order valence-corrected chi connectivity index (χ1v) is 9.61. The van der Waals surface area contributed by atoms with E-state index < -0.39 is 11.8 Å². The van der Waals surface area contributed by atoms with Gasteiger partial charge in [0.25, 0.3) is 0 Å². The van der Waals surface area contributed by atoms with E-state index in [4.69, 9.17) is 4.74 Å². The van der Waals surface area contributed by atoms with Gasteiger partial charge in [-0.15, -0.1) is 0 Å². The maximum atomic E-state index is 12.1. The molecule has 0 aliphatic heterocycles. The van der Waals surface area contributed by atoms with E-state index in [1.165, 1.54) is 5.56 Å². The van der Waals surface area contributed by atoms with Crippen LogP contribution in [0.5, 0.6) is 5.75 Å². The normalized spacial score (nSPS) is 16.2. The van der Waals surface area contributed by atoms with Gasteiger partial charge in [-0.25, -0.2) is 5.43 Å². The molecule has 0 bridgehead atoms. The first-order valence-electron chi connectivity index (χ1n) is 9.61. The molecular weight excluding hydrogens is 354 g/mol. The number of carbonyl (C=O) groups is 2. The van der Waals surface area contributed by atoms with Crippen LogP contribution in [0.3, 0.4) is 0 Å². The van der Waals surface area contributed by atoms with Gasteiger partial charge in [0.05, 0.1) is 12.3 Å². The van der Waals surface area contributed by atoms with Gasteiger partial charge in [-0.3, -0.25) is 9.59 Å². The predicted octanol–water partition coefficient (Wildman–Crippen LogP) is 3.85. The summed E-state index contributed by atoms with van der Waals surface area (Å²) in [6, 6.07) is 17.4. The maximum Gasteiger partial charge on any atom is 0.329 e. The monoisotopic (exact) mass is 379 g/mol. The number of hydrazone groups is 1. The van der Waals surface area contributed by atoms with E-state index in [1.807, 2.05) is 13.0 Å². The summed E-state index contributed by atoms with van der Waals surface area (Å²) < 4.78 is 5.45. The number of nitrogens with zero attached hydrogens (tertiary/aromatic N) is 1. The zero-order chi connectivity index (χ0) is 19.8. The minimum Gasteiger partial charge on any atom is -0.492 e. The molecule has 28 heavy (non-hydrogen) atoms. The third-order valence-electron chi connectivity index (χ3n) is 4.79. The van der Waals surface area contributed by atoms with Crippen LogP contribution >= 0.6 is 0 Å². The van der Waals surface area contributed by atoms with E-state index in [-0.39, 0.29) is 0 Å². The molecule has 3 rings (SSSR count). The number of ether oxygens (including phenoxy) is 1. The van der Waals surface area contributed by atoms with Crippen molar-refractivity contribution >= 4 is 23.2 Å². The van der Waals surface area contributed by atoms with Crippen LogP contribution in [0.1, 0.15) is 44.1 Å². The second-order valence-electron chi connectivity index (χ2n) is 6.69. The van der Waals surface area contributed by atoms with E-state index in [1.54, 1.807) is 24.3 Å². The van der Waals surface area contributed by atoms with E-state index in [2.05, 4.69) is 40.1 Å². The van der Waals surface area contributed by atoms with Crippen molar-refractivity contribution in [3.05, 3.63) is 60.2 Å². The SMILES string of the molecule is CCOc1ccccc1NC(=O)C(=O)NN=C1CCC(c2ccccc2)CC1. The van der Waals surface area contributed by atoms with Crippen molar-refractivity contribution in [3.63, 3.8) is 0 Å². The molecule has 0 saturated heterocycles. The second-order valence-corrected chi connectivity index (χ2v) is 6.69. The van der Waals surface area contributed by atoms with Crippen molar-refractivity contribution in [2.45, 2.75) is 38.5 Å². The molecule has 1 aliphatic carbocycles. The highest BCUT2D eigenvalue weighted by Gasteiger charge is 2.20. The summed E-state index contributed by atoms with van der Waals surface area (Å²) in [6.07, 6.45) is 3.61. The van der Waals surface area contributed by atoms with E-state index in [0.29, 0.717) is 24.0 Å². The Kier molecular flexibility index (Phi) is 6.78. The summed E-state index contributed by atoms with van der Waals surface area (Å²) in [4.78, 5) is 24.2. The fraction of sp³-hybridized carbons (Fsp3) is 0.318. The standard InChI is InChI=1S/C22H25N3O3/c1-2-28-20-11-7-6-10-19(20)23-21(26)22(27)25-24-18-14-12-17(13-15-18)16-8-4-3-5-9-16/h3-11,17H,2,12-15H2,1H3,(H,23,26)(H,25,27). The van der Waals surface area contributed by atoms with Crippen molar-refractivity contribution in [3.8, 4) is 5.75 Å². The van der Waals surface area contributed by atoms with Crippen molar-refractivity contribution in [1.82, 2.24) is 5.43 Å². The number of anilines is 1. The molecule has 0 unspecified atom stereocenters. The van der Waals surface area contributed by atoms with Crippen LogP contribution in [0.4, 0.5) is 5.69 Å². The van der Waals surface area contributed by atoms with Crippen LogP contribution in [0, 0.1) is 0 Å². The van der Waals surface area contributed by atoms with Crippen molar-refractivity contribution in [2.75, 3.05) is 11.9 Å². The number of hydrogen-bond donors (Lipinski definition) is 2. The molecule has 6 nitrogen and oxygen atoms in total. The van der Waals surface area contributed by atoms with Crippen LogP contribution < -0.4 is 15.5 Å². The van der Waals surface area contributed by atoms with Gasteiger partial charge in [-0.1, -0.05) is 42.5 Å². The van der Waals surface area contributed by atoms with Gasteiger partial charge < -0.3 is 10.1 Å². The molecule has 2 amide bonds. The lowest BCUT2D eigenvalue weighted by molar-refractivity contribution is -0.136. The lowest BCUT2D eigenvalue weighted by Crippen LogP contribution is -2.33. The van der Waals surface area contributed by atoms with E-state index in [9.17, 15) is 9.59 Å². The minimum absolute atomic E-state index is 0.459. The fourth-order valence-corrected chi connectivity index (χ4v) is 3.33. The average molecular weight is 379 g/mol. The molecule has 0 radical (unpaired) electrons. The summed E-state index contributed by atoms with van der Waals surface area (Å²) >= 11 is 0. The molecule has 2 aromatic carbocycles. The number of benzene rings is 2. The Balaban J connectivity index is 1.51. The van der Waals surface area contributed by atoms with Crippen LogP contribution in [0.25, 0.3) is 0 Å². The fourth-order valence-electron chi connectivity index (χ4n) is 3.33. The molecule has 0 heterocycles. The molecular formula is C22H25N3O3. The highest BCUT2D eigenvalue weighted by Crippen LogP contribution is 2.31. The summed E-state index contributed by atoms with van der Waals surface area (Å²) in [7, 11) is 0. The van der Waals surface area contributed by atoms with Crippen molar-refractivity contribution in [1.29, 1.82) is 0 Å². The Morgan fingerprint density at radius 1 is 1.00 bits per heavy atom. The zero-order valence-corrected chi connectivity index (χ0v) is 16.0. The number of hydrogen-bond acceptors (Lipinski definition) is 4. The summed E-state index contributed by atoms with van der Waals surface area (Å²) in [6.45, 7) is 2.32. The van der Waals surface area contributed by atoms with Gasteiger partial charge in [0.1, 0.15) is 5.75 Å². The number of amides is 2. The quantitative estimate of drug-likeness (QED) is 0.612. The van der Waals surface area contributed by atoms with Gasteiger partial charge >= 0.3 is 11.8 Å². The number of nitrogens with one attached hydrogen (secondary N) is 2. The molecule has 6 heteroatoms. The van der Waals surface area contributed by atoms with Crippen LogP contribution in [-0.2, 0) is 9.59 Å². The predicted molar refractivity (Wildman–Crippen MR) is 109 cm³/mol. The Labute approximate surface area is 165 Å². The highest BCUT2D eigenvalue weighted by atomic mass is 16.5. The van der Waals surface area contributed by atoms with Gasteiger partial charge in [-0.05, 0) is 56.2 Å². The zero-order valence-electron chi connectivity index (χ0n) is 16.0. The van der Waals surface area contributed by atoms with E-state index in [0.717, 1.165) is 31.4 Å². The minimum atomic E-state index is -0.788. The van der Waals surface area contributed by atoms with Crippen molar-refractivity contribution < 1.29 is 14.3 Å². The molecule has 0 spiro atoms. The number of rotatable bonds is 5. The largest absolute Gasteiger partial charge is 0.492 e. The lowest BCUT2D eigenvalue weighted by Gasteiger charge is -2.23. The molecule has 146 valence electrons. The number of carbonyl (C=O) groups excluding carboxylic acids is 2. The van der Waals surface area contributed by atoms with Gasteiger partial charge in [-0.2, -0.15) is 5.10 Å². The van der Waals surface area contributed by atoms with Crippen LogP contribution in [0.15, 0.2) is 59.7 Å². The third kappa shape index (κ3) is 5.19. The molecule has 0 atom stereocenters. The molecule has 2 aromatic rings. The smallest absolute Gasteiger partial charge is 0.329 e. The maximum absolute atomic E-state index is 12.1. The van der Waals surface area contributed by atoms with Crippen LogP contribution in [0.2, 0.25) is 0 Å². The Hall–Kier alpha value is -3.15. The molecule has 1 saturated carbocycles. The first-order chi connectivity index (χ1) is 13.7. The highest BCUT2D eigenvalue weighted by molar-refractivity contribution is 6.39. The molecule has 1 fully saturated rings. The molecule has 2 N–H and O–H groups in total. The Bertz CT molecular complexity index is 839. The topological polar surface area (TPSA) is 79.8 Å². The van der Waals surface area contributed by atoms with Gasteiger partial charge in [0, 0.05) is 5.71 Å². The summed E-state index contributed by atoms with van der Waals surface area (Å²) in [5.41, 5.74) is 5.10.